The summed E-state index contributed by atoms with van der Waals surface area (Å²) in [6.45, 7) is 0. The average Bonchev–Trinajstić information content (AvgIpc) is 2.87. The van der Waals surface area contributed by atoms with Crippen LogP contribution >= 0.6 is 0 Å². The molecular weight excluding hydrogens is 182 g/mol. The third-order valence-corrected chi connectivity index (χ3v) is 1.93. The van der Waals surface area contributed by atoms with Crippen LogP contribution in [0, 0.1) is 0 Å². The second-order valence-corrected chi connectivity index (χ2v) is 3.31. The van der Waals surface area contributed by atoms with Crippen LogP contribution in [-0.4, -0.2) is 17.2 Å². The third kappa shape index (κ3) is 2.39. The molecule has 4 nitrogen and oxygen atoms in total. The highest BCUT2D eigenvalue weighted by atomic mass is 16.6. The molecule has 0 heterocycles. The zero-order valence-electron chi connectivity index (χ0n) is 7.56. The zero-order chi connectivity index (χ0) is 9.97. The van der Waals surface area contributed by atoms with Crippen molar-refractivity contribution in [3.8, 4) is 11.5 Å². The Balaban J connectivity index is 1.92. The van der Waals surface area contributed by atoms with Crippen molar-refractivity contribution >= 4 is 6.09 Å². The Bertz CT molecular complexity index is 347. The molecule has 0 spiro atoms. The van der Waals surface area contributed by atoms with E-state index in [-0.39, 0.29) is 11.8 Å². The number of nitrogens with one attached hydrogen (secondary N) is 1. The minimum Gasteiger partial charge on any atom is -0.508 e. The van der Waals surface area contributed by atoms with Crippen LogP contribution in [0.5, 0.6) is 11.5 Å². The third-order valence-electron chi connectivity index (χ3n) is 1.93. The van der Waals surface area contributed by atoms with Crippen LogP contribution in [0.2, 0.25) is 0 Å². The first kappa shape index (κ1) is 8.87. The molecule has 1 aliphatic rings. The standard InChI is InChI=1S/C10H11NO3/c12-8-2-1-3-9(6-8)14-10(13)11-7-4-5-7/h1-3,6-7,12H,4-5H2,(H,11,13). The molecule has 0 radical (unpaired) electrons. The SMILES string of the molecule is O=C(NC1CC1)Oc1cccc(O)c1. The first-order valence-electron chi connectivity index (χ1n) is 4.51. The Morgan fingerprint density at radius 3 is 2.93 bits per heavy atom. The molecular formula is C10H11NO3. The fourth-order valence-corrected chi connectivity index (χ4v) is 1.08. The van der Waals surface area contributed by atoms with Crippen LogP contribution in [0.3, 0.4) is 0 Å². The van der Waals surface area contributed by atoms with Gasteiger partial charge >= 0.3 is 6.09 Å². The van der Waals surface area contributed by atoms with Gasteiger partial charge in [0, 0.05) is 12.1 Å². The Labute approximate surface area is 81.5 Å². The molecule has 2 N–H and O–H groups in total. The van der Waals surface area contributed by atoms with Gasteiger partial charge in [-0.05, 0) is 25.0 Å². The Kier molecular flexibility index (Phi) is 2.26. The largest absolute Gasteiger partial charge is 0.508 e. The molecule has 14 heavy (non-hydrogen) atoms. The number of hydrogen-bond acceptors (Lipinski definition) is 3. The van der Waals surface area contributed by atoms with E-state index in [1.54, 1.807) is 12.1 Å². The summed E-state index contributed by atoms with van der Waals surface area (Å²) >= 11 is 0. The topological polar surface area (TPSA) is 58.6 Å². The molecule has 0 aromatic heterocycles. The highest BCUT2D eigenvalue weighted by Crippen LogP contribution is 2.20. The van der Waals surface area contributed by atoms with Crippen molar-refractivity contribution in [3.05, 3.63) is 24.3 Å². The van der Waals surface area contributed by atoms with E-state index in [0.29, 0.717) is 5.75 Å². The maximum absolute atomic E-state index is 11.2. The number of hydrogen-bond donors (Lipinski definition) is 2. The van der Waals surface area contributed by atoms with Gasteiger partial charge in [-0.3, -0.25) is 0 Å². The quantitative estimate of drug-likeness (QED) is 0.750. The van der Waals surface area contributed by atoms with Crippen molar-refractivity contribution in [2.75, 3.05) is 0 Å². The molecule has 2 rings (SSSR count). The van der Waals surface area contributed by atoms with E-state index in [1.165, 1.54) is 12.1 Å². The van der Waals surface area contributed by atoms with Gasteiger partial charge in [0.2, 0.25) is 0 Å². The molecule has 0 atom stereocenters. The summed E-state index contributed by atoms with van der Waals surface area (Å²) in [7, 11) is 0. The summed E-state index contributed by atoms with van der Waals surface area (Å²) < 4.78 is 4.94. The lowest BCUT2D eigenvalue weighted by Crippen LogP contribution is -2.28. The van der Waals surface area contributed by atoms with Gasteiger partial charge in [0.1, 0.15) is 11.5 Å². The molecule has 1 saturated carbocycles. The summed E-state index contributed by atoms with van der Waals surface area (Å²) in [4.78, 5) is 11.2. The maximum atomic E-state index is 11.2. The second-order valence-electron chi connectivity index (χ2n) is 3.31. The van der Waals surface area contributed by atoms with Crippen molar-refractivity contribution in [2.24, 2.45) is 0 Å². The maximum Gasteiger partial charge on any atom is 0.412 e. The van der Waals surface area contributed by atoms with Crippen LogP contribution in [0.15, 0.2) is 24.3 Å². The average molecular weight is 193 g/mol. The van der Waals surface area contributed by atoms with Gasteiger partial charge in [-0.2, -0.15) is 0 Å². The first-order valence-corrected chi connectivity index (χ1v) is 4.51. The van der Waals surface area contributed by atoms with Crippen LogP contribution in [0.4, 0.5) is 4.79 Å². The number of benzene rings is 1. The Morgan fingerprint density at radius 1 is 1.50 bits per heavy atom. The molecule has 0 aliphatic heterocycles. The molecule has 0 saturated heterocycles. The predicted octanol–water partition coefficient (Wildman–Crippen LogP) is 1.64. The van der Waals surface area contributed by atoms with E-state index in [9.17, 15) is 4.79 Å². The van der Waals surface area contributed by atoms with Gasteiger partial charge in [0.15, 0.2) is 0 Å². The van der Waals surface area contributed by atoms with Gasteiger partial charge in [0.05, 0.1) is 0 Å². The van der Waals surface area contributed by atoms with Crippen molar-refractivity contribution in [1.29, 1.82) is 0 Å². The lowest BCUT2D eigenvalue weighted by molar-refractivity contribution is 0.200. The number of carbonyl (C=O) groups is 1. The minimum atomic E-state index is -0.460. The van der Waals surface area contributed by atoms with Crippen LogP contribution < -0.4 is 10.1 Å². The van der Waals surface area contributed by atoms with Crippen molar-refractivity contribution < 1.29 is 14.6 Å². The fourth-order valence-electron chi connectivity index (χ4n) is 1.08. The van der Waals surface area contributed by atoms with Gasteiger partial charge in [-0.1, -0.05) is 6.07 Å². The van der Waals surface area contributed by atoms with Crippen molar-refractivity contribution in [2.45, 2.75) is 18.9 Å². The van der Waals surface area contributed by atoms with Crippen LogP contribution in [0.1, 0.15) is 12.8 Å². The van der Waals surface area contributed by atoms with E-state index in [2.05, 4.69) is 5.32 Å². The number of amides is 1. The number of carbonyl (C=O) groups excluding carboxylic acids is 1. The smallest absolute Gasteiger partial charge is 0.412 e. The minimum absolute atomic E-state index is 0.0849. The van der Waals surface area contributed by atoms with E-state index in [1.807, 2.05) is 0 Å². The van der Waals surface area contributed by atoms with E-state index < -0.39 is 6.09 Å². The molecule has 4 heteroatoms. The van der Waals surface area contributed by atoms with Crippen molar-refractivity contribution in [1.82, 2.24) is 5.32 Å². The summed E-state index contributed by atoms with van der Waals surface area (Å²) in [5.41, 5.74) is 0. The molecule has 1 aromatic carbocycles. The molecule has 74 valence electrons. The summed E-state index contributed by atoms with van der Waals surface area (Å²) in [5.74, 6) is 0.435. The number of phenolic OH excluding ortho intramolecular Hbond substituents is 1. The summed E-state index contributed by atoms with van der Waals surface area (Å²) in [5, 5.41) is 11.8. The number of ether oxygens (including phenoxy) is 1. The Morgan fingerprint density at radius 2 is 2.29 bits per heavy atom. The molecule has 0 unspecified atom stereocenters. The predicted molar refractivity (Wildman–Crippen MR) is 50.3 cm³/mol. The van der Waals surface area contributed by atoms with Crippen molar-refractivity contribution in [3.63, 3.8) is 0 Å². The Hall–Kier alpha value is -1.71. The molecule has 1 amide bonds. The monoisotopic (exact) mass is 193 g/mol. The summed E-state index contributed by atoms with van der Waals surface area (Å²) in [6, 6.07) is 6.43. The van der Waals surface area contributed by atoms with Crippen LogP contribution in [-0.2, 0) is 0 Å². The first-order chi connectivity index (χ1) is 6.74. The van der Waals surface area contributed by atoms with E-state index >= 15 is 0 Å². The normalized spacial score (nSPS) is 14.9. The molecule has 1 aromatic rings. The lowest BCUT2D eigenvalue weighted by atomic mass is 10.3. The second kappa shape index (κ2) is 3.57. The van der Waals surface area contributed by atoms with Crippen LogP contribution in [0.25, 0.3) is 0 Å². The number of rotatable bonds is 2. The number of phenols is 1. The van der Waals surface area contributed by atoms with Gasteiger partial charge < -0.3 is 15.2 Å². The fraction of sp³-hybridized carbons (Fsp3) is 0.300. The summed E-state index contributed by atoms with van der Waals surface area (Å²) in [6.07, 6.45) is 1.59. The lowest BCUT2D eigenvalue weighted by Gasteiger charge is -2.04. The molecule has 1 fully saturated rings. The zero-order valence-corrected chi connectivity index (χ0v) is 7.56. The molecule has 1 aliphatic carbocycles. The van der Waals surface area contributed by atoms with Gasteiger partial charge in [0.25, 0.3) is 0 Å². The molecule has 0 bridgehead atoms. The highest BCUT2D eigenvalue weighted by molar-refractivity contribution is 5.71. The van der Waals surface area contributed by atoms with E-state index in [0.717, 1.165) is 12.8 Å². The number of aromatic hydroxyl groups is 1. The highest BCUT2D eigenvalue weighted by Gasteiger charge is 2.24. The van der Waals surface area contributed by atoms with Gasteiger partial charge in [-0.25, -0.2) is 4.79 Å². The van der Waals surface area contributed by atoms with E-state index in [4.69, 9.17) is 9.84 Å². The van der Waals surface area contributed by atoms with Gasteiger partial charge in [-0.15, -0.1) is 0 Å².